The van der Waals surface area contributed by atoms with Gasteiger partial charge in [-0.2, -0.15) is 0 Å². The van der Waals surface area contributed by atoms with Crippen LogP contribution < -0.4 is 0 Å². The molecule has 5 nitrogen and oxygen atoms in total. The van der Waals surface area contributed by atoms with Crippen LogP contribution in [0.5, 0.6) is 0 Å². The molecule has 0 saturated carbocycles. The minimum Gasteiger partial charge on any atom is -0.370 e. The zero-order valence-corrected chi connectivity index (χ0v) is 19.9. The van der Waals surface area contributed by atoms with Crippen molar-refractivity contribution in [1.82, 2.24) is 24.8 Å². The first-order chi connectivity index (χ1) is 16.3. The fourth-order valence-electron chi connectivity index (χ4n) is 3.75. The van der Waals surface area contributed by atoms with Gasteiger partial charge in [-0.15, -0.1) is 0 Å². The summed E-state index contributed by atoms with van der Waals surface area (Å²) in [6.45, 7) is 5.58. The maximum absolute atomic E-state index is 4.54. The number of pyridine rings is 3. The van der Waals surface area contributed by atoms with Gasteiger partial charge in [0.1, 0.15) is 0 Å². The molecule has 0 amide bonds. The lowest BCUT2D eigenvalue weighted by molar-refractivity contribution is 0.316. The molecule has 3 aromatic heterocycles. The molecule has 3 rings (SSSR count). The fraction of sp³-hybridized carbons (Fsp3) is 0.393. The van der Waals surface area contributed by atoms with E-state index < -0.39 is 0 Å². The Morgan fingerprint density at radius 3 is 1.52 bits per heavy atom. The van der Waals surface area contributed by atoms with E-state index in [0.717, 1.165) is 43.3 Å². The number of nitrogens with zero attached hydrogens (tertiary/aromatic N) is 5. The van der Waals surface area contributed by atoms with Crippen molar-refractivity contribution in [2.24, 2.45) is 0 Å². The van der Waals surface area contributed by atoms with Crippen LogP contribution in [0.3, 0.4) is 0 Å². The molecule has 3 aromatic rings. The molecule has 0 fully saturated rings. The minimum atomic E-state index is 0.738. The zero-order valence-electron chi connectivity index (χ0n) is 19.9. The van der Waals surface area contributed by atoms with Gasteiger partial charge in [0.2, 0.25) is 0 Å². The summed E-state index contributed by atoms with van der Waals surface area (Å²) >= 11 is 0. The summed E-state index contributed by atoms with van der Waals surface area (Å²) in [4.78, 5) is 18.2. The van der Waals surface area contributed by atoms with Gasteiger partial charge in [0.15, 0.2) is 0 Å². The van der Waals surface area contributed by atoms with E-state index in [9.17, 15) is 0 Å². The summed E-state index contributed by atoms with van der Waals surface area (Å²) < 4.78 is 0. The highest BCUT2D eigenvalue weighted by molar-refractivity contribution is 5.08. The fourth-order valence-corrected chi connectivity index (χ4v) is 3.75. The highest BCUT2D eigenvalue weighted by Crippen LogP contribution is 2.11. The Morgan fingerprint density at radius 2 is 1.03 bits per heavy atom. The van der Waals surface area contributed by atoms with Crippen molar-refractivity contribution in [3.8, 4) is 0 Å². The highest BCUT2D eigenvalue weighted by Gasteiger charge is 2.07. The molecule has 33 heavy (non-hydrogen) atoms. The van der Waals surface area contributed by atoms with Crippen molar-refractivity contribution in [1.29, 1.82) is 0 Å². The normalized spacial score (nSPS) is 11.1. The van der Waals surface area contributed by atoms with Gasteiger partial charge in [0.05, 0.1) is 36.7 Å². The van der Waals surface area contributed by atoms with Crippen molar-refractivity contribution in [2.75, 3.05) is 6.54 Å². The van der Waals surface area contributed by atoms with Crippen molar-refractivity contribution < 1.29 is 0 Å². The highest BCUT2D eigenvalue weighted by atomic mass is 15.2. The summed E-state index contributed by atoms with van der Waals surface area (Å²) in [6, 6.07) is 18.3. The topological polar surface area (TPSA) is 45.2 Å². The molecule has 0 aliphatic rings. The molecule has 174 valence electrons. The summed E-state index contributed by atoms with van der Waals surface area (Å²) in [7, 11) is 0. The molecule has 3 heterocycles. The molecule has 0 N–H and O–H groups in total. The van der Waals surface area contributed by atoms with Crippen LogP contribution in [0.4, 0.5) is 0 Å². The molecule has 0 saturated heterocycles. The minimum absolute atomic E-state index is 0.738. The van der Waals surface area contributed by atoms with Gasteiger partial charge in [-0.1, -0.05) is 57.2 Å². The van der Waals surface area contributed by atoms with Crippen molar-refractivity contribution in [3.05, 3.63) is 103 Å². The summed E-state index contributed by atoms with van der Waals surface area (Å²) in [5.41, 5.74) is 3.18. The van der Waals surface area contributed by atoms with Gasteiger partial charge in [0, 0.05) is 37.5 Å². The van der Waals surface area contributed by atoms with E-state index in [2.05, 4.69) is 68.3 Å². The van der Waals surface area contributed by atoms with Crippen LogP contribution in [0.1, 0.15) is 62.5 Å². The van der Waals surface area contributed by atoms with E-state index in [1.54, 1.807) is 0 Å². The number of hydrogen-bond acceptors (Lipinski definition) is 5. The van der Waals surface area contributed by atoms with Crippen LogP contribution in [-0.4, -0.2) is 31.3 Å². The molecule has 5 heteroatoms. The molecular formula is C28H37N5. The van der Waals surface area contributed by atoms with E-state index in [1.165, 1.54) is 38.5 Å². The Kier molecular flexibility index (Phi) is 10.9. The zero-order chi connectivity index (χ0) is 23.0. The predicted octanol–water partition coefficient (Wildman–Crippen LogP) is 6.21. The number of aromatic nitrogens is 3. The molecule has 0 aromatic carbocycles. The first kappa shape index (κ1) is 24.4. The third-order valence-electron chi connectivity index (χ3n) is 5.56. The van der Waals surface area contributed by atoms with Gasteiger partial charge in [-0.3, -0.25) is 15.0 Å². The maximum Gasteiger partial charge on any atom is 0.0601 e. The average Bonchev–Trinajstić information content (AvgIpc) is 2.86. The number of rotatable bonds is 15. The van der Waals surface area contributed by atoms with Crippen molar-refractivity contribution in [2.45, 2.75) is 65.1 Å². The van der Waals surface area contributed by atoms with Crippen LogP contribution >= 0.6 is 0 Å². The molecule has 0 atom stereocenters. The summed E-state index contributed by atoms with van der Waals surface area (Å²) in [5, 5.41) is 0. The Bertz CT molecular complexity index is 858. The van der Waals surface area contributed by atoms with Gasteiger partial charge in [-0.05, 0) is 42.8 Å². The van der Waals surface area contributed by atoms with Crippen molar-refractivity contribution in [3.63, 3.8) is 0 Å². The lowest BCUT2D eigenvalue weighted by Gasteiger charge is -2.24. The summed E-state index contributed by atoms with van der Waals surface area (Å²) in [6.07, 6.45) is 17.7. The quantitative estimate of drug-likeness (QED) is 0.261. The number of unbranched alkanes of at least 4 members (excludes halogenated alkanes) is 5. The molecule has 0 spiro atoms. The van der Waals surface area contributed by atoms with Crippen LogP contribution in [-0.2, 0) is 19.6 Å². The Balaban J connectivity index is 1.67. The third-order valence-corrected chi connectivity index (χ3v) is 5.56. The van der Waals surface area contributed by atoms with E-state index in [1.807, 2.05) is 48.9 Å². The Hall–Kier alpha value is -3.21. The smallest absolute Gasteiger partial charge is 0.0601 e. The van der Waals surface area contributed by atoms with Crippen LogP contribution in [0, 0.1) is 0 Å². The van der Waals surface area contributed by atoms with Crippen LogP contribution in [0.15, 0.2) is 85.6 Å². The van der Waals surface area contributed by atoms with E-state index >= 15 is 0 Å². The van der Waals surface area contributed by atoms with E-state index in [0.29, 0.717) is 0 Å². The molecule has 0 aliphatic carbocycles. The van der Waals surface area contributed by atoms with Crippen LogP contribution in [0.25, 0.3) is 0 Å². The maximum atomic E-state index is 4.54. The third kappa shape index (κ3) is 9.85. The van der Waals surface area contributed by atoms with Gasteiger partial charge in [-0.25, -0.2) is 0 Å². The molecule has 0 aliphatic heterocycles. The van der Waals surface area contributed by atoms with Gasteiger partial charge < -0.3 is 9.80 Å². The lowest BCUT2D eigenvalue weighted by Crippen LogP contribution is -2.22. The first-order valence-electron chi connectivity index (χ1n) is 12.2. The molecular weight excluding hydrogens is 406 g/mol. The predicted molar refractivity (Wildman–Crippen MR) is 135 cm³/mol. The average molecular weight is 444 g/mol. The Labute approximate surface area is 199 Å². The largest absolute Gasteiger partial charge is 0.370 e. The van der Waals surface area contributed by atoms with Crippen molar-refractivity contribution >= 4 is 0 Å². The second-order valence-electron chi connectivity index (χ2n) is 8.40. The summed E-state index contributed by atoms with van der Waals surface area (Å²) in [5.74, 6) is 0. The SMILES string of the molecule is CCCCCCCCN(C=CN(Cc1ccccn1)Cc1ccccn1)Cc1ccccn1. The van der Waals surface area contributed by atoms with Gasteiger partial charge >= 0.3 is 0 Å². The molecule has 0 radical (unpaired) electrons. The molecule has 0 bridgehead atoms. The second kappa shape index (κ2) is 14.8. The Morgan fingerprint density at radius 1 is 0.576 bits per heavy atom. The first-order valence-corrected chi connectivity index (χ1v) is 12.2. The van der Waals surface area contributed by atoms with E-state index in [4.69, 9.17) is 0 Å². The van der Waals surface area contributed by atoms with E-state index in [-0.39, 0.29) is 0 Å². The van der Waals surface area contributed by atoms with Gasteiger partial charge in [0.25, 0.3) is 0 Å². The number of hydrogen-bond donors (Lipinski definition) is 0. The monoisotopic (exact) mass is 443 g/mol. The standard InChI is InChI=1S/C28H37N5/c1-2-3-4-5-6-13-20-32(23-26-14-7-10-17-29-26)21-22-33(24-27-15-8-11-18-30-27)25-28-16-9-12-19-31-28/h7-12,14-19,21-22H,2-6,13,20,23-25H2,1H3. The second-order valence-corrected chi connectivity index (χ2v) is 8.40. The molecule has 0 unspecified atom stereocenters. The lowest BCUT2D eigenvalue weighted by atomic mass is 10.1. The van der Waals surface area contributed by atoms with Crippen LogP contribution in [0.2, 0.25) is 0 Å².